The zero-order valence-corrected chi connectivity index (χ0v) is 14.3. The molecule has 1 unspecified atom stereocenters. The molecule has 1 atom stereocenters. The molecule has 0 saturated carbocycles. The zero-order valence-electron chi connectivity index (χ0n) is 14.3. The van der Waals surface area contributed by atoms with Crippen LogP contribution in [0.25, 0.3) is 0 Å². The molecule has 1 N–H and O–H groups in total. The number of amides is 2. The number of benzene rings is 2. The first-order valence-corrected chi connectivity index (χ1v) is 8.59. The molecule has 1 fully saturated rings. The average molecular weight is 338 g/mol. The highest BCUT2D eigenvalue weighted by molar-refractivity contribution is 5.92. The van der Waals surface area contributed by atoms with E-state index < -0.39 is 0 Å². The van der Waals surface area contributed by atoms with Crippen LogP contribution >= 0.6 is 0 Å². The monoisotopic (exact) mass is 338 g/mol. The van der Waals surface area contributed by atoms with Gasteiger partial charge in [-0.2, -0.15) is 0 Å². The summed E-state index contributed by atoms with van der Waals surface area (Å²) in [6, 6.07) is 16.8. The molecule has 0 bridgehead atoms. The Kier molecular flexibility index (Phi) is 5.33. The second-order valence-corrected chi connectivity index (χ2v) is 5.99. The summed E-state index contributed by atoms with van der Waals surface area (Å²) in [5.41, 5.74) is 2.30. The first kappa shape index (κ1) is 17.0. The first-order chi connectivity index (χ1) is 12.2. The number of carbonyl (C=O) groups is 2. The van der Waals surface area contributed by atoms with Crippen LogP contribution in [-0.2, 0) is 4.74 Å². The lowest BCUT2D eigenvalue weighted by Gasteiger charge is -2.25. The van der Waals surface area contributed by atoms with Crippen molar-refractivity contribution < 1.29 is 14.3 Å². The minimum Gasteiger partial charge on any atom is -0.462 e. The molecular formula is C20H22N2O3. The van der Waals surface area contributed by atoms with Crippen LogP contribution in [0.1, 0.15) is 41.7 Å². The lowest BCUT2D eigenvalue weighted by Crippen LogP contribution is -2.34. The van der Waals surface area contributed by atoms with Gasteiger partial charge in [-0.15, -0.1) is 0 Å². The Labute approximate surface area is 147 Å². The Bertz CT molecular complexity index is 728. The van der Waals surface area contributed by atoms with Gasteiger partial charge in [0.15, 0.2) is 0 Å². The molecule has 2 aromatic carbocycles. The van der Waals surface area contributed by atoms with Gasteiger partial charge >= 0.3 is 12.0 Å². The number of rotatable bonds is 4. The number of likely N-dealkylation sites (tertiary alicyclic amines) is 1. The first-order valence-electron chi connectivity index (χ1n) is 8.59. The van der Waals surface area contributed by atoms with Gasteiger partial charge in [0.25, 0.3) is 0 Å². The maximum absolute atomic E-state index is 12.6. The topological polar surface area (TPSA) is 58.6 Å². The molecule has 5 heteroatoms. The zero-order chi connectivity index (χ0) is 17.6. The normalized spacial score (nSPS) is 16.5. The second kappa shape index (κ2) is 7.83. The van der Waals surface area contributed by atoms with E-state index in [-0.39, 0.29) is 18.0 Å². The third kappa shape index (κ3) is 3.99. The predicted molar refractivity (Wildman–Crippen MR) is 96.5 cm³/mol. The van der Waals surface area contributed by atoms with E-state index in [2.05, 4.69) is 17.4 Å². The molecule has 0 aromatic heterocycles. The number of anilines is 1. The van der Waals surface area contributed by atoms with Gasteiger partial charge < -0.3 is 15.0 Å². The van der Waals surface area contributed by atoms with Gasteiger partial charge in [-0.1, -0.05) is 30.3 Å². The van der Waals surface area contributed by atoms with Crippen molar-refractivity contribution in [1.82, 2.24) is 4.90 Å². The summed E-state index contributed by atoms with van der Waals surface area (Å²) in [6.45, 7) is 2.85. The lowest BCUT2D eigenvalue weighted by molar-refractivity contribution is 0.0526. The third-order valence-corrected chi connectivity index (χ3v) is 4.35. The lowest BCUT2D eigenvalue weighted by atomic mass is 10.1. The summed E-state index contributed by atoms with van der Waals surface area (Å²) in [4.78, 5) is 26.2. The van der Waals surface area contributed by atoms with E-state index >= 15 is 0 Å². The number of carbonyl (C=O) groups excluding carboxylic acids is 2. The number of urea groups is 1. The fourth-order valence-corrected chi connectivity index (χ4v) is 3.13. The van der Waals surface area contributed by atoms with Crippen molar-refractivity contribution in [2.45, 2.75) is 25.8 Å². The van der Waals surface area contributed by atoms with E-state index in [9.17, 15) is 9.59 Å². The minimum atomic E-state index is -0.357. The van der Waals surface area contributed by atoms with Crippen molar-refractivity contribution in [2.75, 3.05) is 18.5 Å². The standard InChI is InChI=1S/C20H22N2O3/c1-2-25-19(23)16-10-12-17(13-11-16)21-20(24)22-14-6-9-18(22)15-7-4-3-5-8-15/h3-5,7-8,10-13,18H,2,6,9,14H2,1H3,(H,21,24). The van der Waals surface area contributed by atoms with Crippen LogP contribution < -0.4 is 5.32 Å². The minimum absolute atomic E-state index is 0.111. The number of nitrogens with zero attached hydrogens (tertiary/aromatic N) is 1. The Morgan fingerprint density at radius 2 is 1.84 bits per heavy atom. The van der Waals surface area contributed by atoms with Gasteiger partial charge in [0.1, 0.15) is 0 Å². The summed E-state index contributed by atoms with van der Waals surface area (Å²) in [5, 5.41) is 2.92. The predicted octanol–water partition coefficient (Wildman–Crippen LogP) is 4.23. The van der Waals surface area contributed by atoms with E-state index in [1.807, 2.05) is 23.1 Å². The van der Waals surface area contributed by atoms with Gasteiger partial charge in [0, 0.05) is 12.2 Å². The van der Waals surface area contributed by atoms with E-state index in [0.29, 0.717) is 17.9 Å². The van der Waals surface area contributed by atoms with Gasteiger partial charge in [-0.05, 0) is 49.6 Å². The third-order valence-electron chi connectivity index (χ3n) is 4.35. The second-order valence-electron chi connectivity index (χ2n) is 5.99. The van der Waals surface area contributed by atoms with Crippen molar-refractivity contribution >= 4 is 17.7 Å². The highest BCUT2D eigenvalue weighted by Gasteiger charge is 2.29. The van der Waals surface area contributed by atoms with Gasteiger partial charge in [-0.3, -0.25) is 0 Å². The van der Waals surface area contributed by atoms with Crippen molar-refractivity contribution in [2.24, 2.45) is 0 Å². The number of hydrogen-bond donors (Lipinski definition) is 1. The molecule has 0 radical (unpaired) electrons. The number of esters is 1. The number of hydrogen-bond acceptors (Lipinski definition) is 3. The smallest absolute Gasteiger partial charge is 0.338 e. The molecule has 1 aliphatic heterocycles. The van der Waals surface area contributed by atoms with Crippen LogP contribution in [0.3, 0.4) is 0 Å². The van der Waals surface area contributed by atoms with Crippen LogP contribution in [0.2, 0.25) is 0 Å². The Hall–Kier alpha value is -2.82. The van der Waals surface area contributed by atoms with E-state index in [1.165, 1.54) is 0 Å². The van der Waals surface area contributed by atoms with Crippen LogP contribution in [-0.4, -0.2) is 30.1 Å². The molecule has 0 aliphatic carbocycles. The molecule has 0 spiro atoms. The molecule has 130 valence electrons. The SMILES string of the molecule is CCOC(=O)c1ccc(NC(=O)N2CCCC2c2ccccc2)cc1. The highest BCUT2D eigenvalue weighted by Crippen LogP contribution is 2.32. The summed E-state index contributed by atoms with van der Waals surface area (Å²) < 4.78 is 4.96. The quantitative estimate of drug-likeness (QED) is 0.849. The molecule has 2 aromatic rings. The summed E-state index contributed by atoms with van der Waals surface area (Å²) in [6.07, 6.45) is 1.97. The van der Waals surface area contributed by atoms with Gasteiger partial charge in [-0.25, -0.2) is 9.59 Å². The van der Waals surface area contributed by atoms with Crippen LogP contribution in [0, 0.1) is 0 Å². The van der Waals surface area contributed by atoms with Crippen molar-refractivity contribution in [3.8, 4) is 0 Å². The maximum Gasteiger partial charge on any atom is 0.338 e. The fourth-order valence-electron chi connectivity index (χ4n) is 3.13. The Balaban J connectivity index is 1.66. The van der Waals surface area contributed by atoms with Gasteiger partial charge in [0.05, 0.1) is 18.2 Å². The molecule has 1 aliphatic rings. The van der Waals surface area contributed by atoms with Crippen LogP contribution in [0.5, 0.6) is 0 Å². The summed E-state index contributed by atoms with van der Waals surface area (Å²) >= 11 is 0. The van der Waals surface area contributed by atoms with E-state index in [4.69, 9.17) is 4.74 Å². The van der Waals surface area contributed by atoms with Gasteiger partial charge in [0.2, 0.25) is 0 Å². The fraction of sp³-hybridized carbons (Fsp3) is 0.300. The van der Waals surface area contributed by atoms with Crippen molar-refractivity contribution in [3.05, 3.63) is 65.7 Å². The Morgan fingerprint density at radius 3 is 2.52 bits per heavy atom. The van der Waals surface area contributed by atoms with Crippen LogP contribution in [0.4, 0.5) is 10.5 Å². The average Bonchev–Trinajstić information content (AvgIpc) is 3.13. The molecule has 5 nitrogen and oxygen atoms in total. The van der Waals surface area contributed by atoms with E-state index in [0.717, 1.165) is 24.9 Å². The summed E-state index contributed by atoms with van der Waals surface area (Å²) in [7, 11) is 0. The molecule has 1 heterocycles. The summed E-state index contributed by atoms with van der Waals surface area (Å²) in [5.74, 6) is -0.357. The molecule has 3 rings (SSSR count). The number of ether oxygens (including phenoxy) is 1. The largest absolute Gasteiger partial charge is 0.462 e. The maximum atomic E-state index is 12.6. The van der Waals surface area contributed by atoms with E-state index in [1.54, 1.807) is 31.2 Å². The Morgan fingerprint density at radius 1 is 1.12 bits per heavy atom. The van der Waals surface area contributed by atoms with Crippen molar-refractivity contribution in [3.63, 3.8) is 0 Å². The molecule has 25 heavy (non-hydrogen) atoms. The van der Waals surface area contributed by atoms with Crippen LogP contribution in [0.15, 0.2) is 54.6 Å². The molecule has 2 amide bonds. The number of nitrogens with one attached hydrogen (secondary N) is 1. The highest BCUT2D eigenvalue weighted by atomic mass is 16.5. The molecule has 1 saturated heterocycles. The molecular weight excluding hydrogens is 316 g/mol. The van der Waals surface area contributed by atoms with Crippen molar-refractivity contribution in [1.29, 1.82) is 0 Å².